The maximum atomic E-state index is 12.8. The number of nitrogens with one attached hydrogen (secondary N) is 1. The minimum Gasteiger partial charge on any atom is -0.303 e. The summed E-state index contributed by atoms with van der Waals surface area (Å²) >= 11 is 0. The summed E-state index contributed by atoms with van der Waals surface area (Å²) in [6.07, 6.45) is 0. The summed E-state index contributed by atoms with van der Waals surface area (Å²) in [5.74, 6) is -0.447. The Labute approximate surface area is 119 Å². The second kappa shape index (κ2) is 6.17. The van der Waals surface area contributed by atoms with E-state index in [9.17, 15) is 12.8 Å². The van der Waals surface area contributed by atoms with Crippen LogP contribution in [0.3, 0.4) is 0 Å². The van der Waals surface area contributed by atoms with Gasteiger partial charge in [-0.15, -0.1) is 0 Å². The second-order valence-corrected chi connectivity index (χ2v) is 6.97. The topological polar surface area (TPSA) is 52.6 Å². The van der Waals surface area contributed by atoms with Gasteiger partial charge in [-0.25, -0.2) is 17.5 Å². The molecule has 7 heteroatoms. The van der Waals surface area contributed by atoms with Crippen LogP contribution in [-0.4, -0.2) is 64.5 Å². The fraction of sp³-hybridized carbons (Fsp3) is 0.538. The SMILES string of the molecule is CN1CCN(C)C(CNS(=O)(=O)c2ccc(F)cc2)C1. The number of sulfonamides is 1. The lowest BCUT2D eigenvalue weighted by Gasteiger charge is -2.37. The third-order valence-corrected chi connectivity index (χ3v) is 5.05. The van der Waals surface area contributed by atoms with Gasteiger partial charge in [0.2, 0.25) is 10.0 Å². The maximum Gasteiger partial charge on any atom is 0.240 e. The van der Waals surface area contributed by atoms with Crippen molar-refractivity contribution in [2.75, 3.05) is 40.3 Å². The Balaban J connectivity index is 2.00. The van der Waals surface area contributed by atoms with Crippen molar-refractivity contribution in [3.8, 4) is 0 Å². The molecule has 0 spiro atoms. The van der Waals surface area contributed by atoms with Crippen LogP contribution in [0.1, 0.15) is 0 Å². The Hall–Kier alpha value is -1.02. The van der Waals surface area contributed by atoms with Gasteiger partial charge in [-0.3, -0.25) is 4.90 Å². The van der Waals surface area contributed by atoms with E-state index in [0.717, 1.165) is 31.8 Å². The number of likely N-dealkylation sites (N-methyl/N-ethyl adjacent to an activating group) is 2. The Kier molecular flexibility index (Phi) is 4.74. The number of hydrogen-bond donors (Lipinski definition) is 1. The molecule has 1 saturated heterocycles. The van der Waals surface area contributed by atoms with E-state index >= 15 is 0 Å². The van der Waals surface area contributed by atoms with Crippen molar-refractivity contribution in [2.24, 2.45) is 0 Å². The first-order valence-electron chi connectivity index (χ1n) is 6.52. The van der Waals surface area contributed by atoms with Crippen LogP contribution in [-0.2, 0) is 10.0 Å². The number of rotatable bonds is 4. The van der Waals surface area contributed by atoms with Gasteiger partial charge >= 0.3 is 0 Å². The molecule has 1 heterocycles. The van der Waals surface area contributed by atoms with Gasteiger partial charge in [-0.05, 0) is 38.4 Å². The van der Waals surface area contributed by atoms with E-state index in [2.05, 4.69) is 14.5 Å². The smallest absolute Gasteiger partial charge is 0.240 e. The predicted octanol–water partition coefficient (Wildman–Crippen LogP) is 0.350. The minimum absolute atomic E-state index is 0.0886. The molecule has 1 aromatic carbocycles. The zero-order valence-electron chi connectivity index (χ0n) is 11.7. The van der Waals surface area contributed by atoms with Crippen molar-refractivity contribution >= 4 is 10.0 Å². The highest BCUT2D eigenvalue weighted by molar-refractivity contribution is 7.89. The van der Waals surface area contributed by atoms with Crippen LogP contribution >= 0.6 is 0 Å². The average molecular weight is 301 g/mol. The van der Waals surface area contributed by atoms with Crippen molar-refractivity contribution in [1.82, 2.24) is 14.5 Å². The van der Waals surface area contributed by atoms with Crippen molar-refractivity contribution < 1.29 is 12.8 Å². The fourth-order valence-electron chi connectivity index (χ4n) is 2.22. The van der Waals surface area contributed by atoms with Crippen molar-refractivity contribution in [3.05, 3.63) is 30.1 Å². The van der Waals surface area contributed by atoms with Gasteiger partial charge in [0.25, 0.3) is 0 Å². The van der Waals surface area contributed by atoms with Crippen LogP contribution in [0.5, 0.6) is 0 Å². The largest absolute Gasteiger partial charge is 0.303 e. The molecule has 0 aromatic heterocycles. The summed E-state index contributed by atoms with van der Waals surface area (Å²) in [6, 6.07) is 4.98. The van der Waals surface area contributed by atoms with E-state index in [1.165, 1.54) is 12.1 Å². The molecule has 1 atom stereocenters. The minimum atomic E-state index is -3.58. The van der Waals surface area contributed by atoms with Crippen LogP contribution in [0.2, 0.25) is 0 Å². The van der Waals surface area contributed by atoms with Gasteiger partial charge in [-0.1, -0.05) is 0 Å². The molecule has 1 unspecified atom stereocenters. The molecule has 1 aliphatic heterocycles. The quantitative estimate of drug-likeness (QED) is 0.872. The lowest BCUT2D eigenvalue weighted by molar-refractivity contribution is 0.117. The molecule has 1 aliphatic rings. The molecule has 0 saturated carbocycles. The van der Waals surface area contributed by atoms with E-state index < -0.39 is 15.8 Å². The van der Waals surface area contributed by atoms with E-state index in [4.69, 9.17) is 0 Å². The molecule has 1 fully saturated rings. The van der Waals surface area contributed by atoms with Gasteiger partial charge in [0.05, 0.1) is 4.90 Å². The number of piperazine rings is 1. The lowest BCUT2D eigenvalue weighted by Crippen LogP contribution is -2.54. The molecular weight excluding hydrogens is 281 g/mol. The highest BCUT2D eigenvalue weighted by Gasteiger charge is 2.24. The molecule has 2 rings (SSSR count). The molecule has 0 aliphatic carbocycles. The first-order chi connectivity index (χ1) is 9.38. The van der Waals surface area contributed by atoms with E-state index in [0.29, 0.717) is 6.54 Å². The third kappa shape index (κ3) is 3.76. The van der Waals surface area contributed by atoms with Crippen molar-refractivity contribution in [2.45, 2.75) is 10.9 Å². The number of hydrogen-bond acceptors (Lipinski definition) is 4. The second-order valence-electron chi connectivity index (χ2n) is 5.20. The molecule has 0 radical (unpaired) electrons. The Morgan fingerprint density at radius 3 is 2.55 bits per heavy atom. The zero-order chi connectivity index (χ0) is 14.8. The molecule has 5 nitrogen and oxygen atoms in total. The average Bonchev–Trinajstić information content (AvgIpc) is 2.40. The van der Waals surface area contributed by atoms with Gasteiger partial charge < -0.3 is 4.90 Å². The van der Waals surface area contributed by atoms with Gasteiger partial charge in [0.15, 0.2) is 0 Å². The van der Waals surface area contributed by atoms with Crippen LogP contribution in [0.25, 0.3) is 0 Å². The fourth-order valence-corrected chi connectivity index (χ4v) is 3.30. The molecule has 0 bridgehead atoms. The number of benzene rings is 1. The van der Waals surface area contributed by atoms with Crippen molar-refractivity contribution in [3.63, 3.8) is 0 Å². The van der Waals surface area contributed by atoms with Gasteiger partial charge in [0.1, 0.15) is 5.82 Å². The standard InChI is InChI=1S/C13H20FN3O2S/c1-16-7-8-17(2)12(10-16)9-15-20(18,19)13-5-3-11(14)4-6-13/h3-6,12,15H,7-10H2,1-2H3. The van der Waals surface area contributed by atoms with E-state index in [1.54, 1.807) is 0 Å². The first kappa shape index (κ1) is 15.4. The first-order valence-corrected chi connectivity index (χ1v) is 8.01. The highest BCUT2D eigenvalue weighted by Crippen LogP contribution is 2.11. The Bertz CT molecular complexity index is 547. The third-order valence-electron chi connectivity index (χ3n) is 3.61. The molecule has 1 aromatic rings. The Morgan fingerprint density at radius 1 is 1.25 bits per heavy atom. The summed E-state index contributed by atoms with van der Waals surface area (Å²) in [5, 5.41) is 0. The van der Waals surface area contributed by atoms with Crippen LogP contribution in [0, 0.1) is 5.82 Å². The summed E-state index contributed by atoms with van der Waals surface area (Å²) in [5.41, 5.74) is 0. The molecule has 1 N–H and O–H groups in total. The van der Waals surface area contributed by atoms with Crippen LogP contribution in [0.4, 0.5) is 4.39 Å². The summed E-state index contributed by atoms with van der Waals surface area (Å²) in [6.45, 7) is 3.07. The molecular formula is C13H20FN3O2S. The summed E-state index contributed by atoms with van der Waals surface area (Å²) < 4.78 is 39.6. The maximum absolute atomic E-state index is 12.8. The lowest BCUT2D eigenvalue weighted by atomic mass is 10.2. The van der Waals surface area contributed by atoms with Gasteiger partial charge in [0, 0.05) is 32.2 Å². The van der Waals surface area contributed by atoms with Crippen LogP contribution in [0.15, 0.2) is 29.2 Å². The van der Waals surface area contributed by atoms with E-state index in [-0.39, 0.29) is 10.9 Å². The van der Waals surface area contributed by atoms with Gasteiger partial charge in [-0.2, -0.15) is 0 Å². The zero-order valence-corrected chi connectivity index (χ0v) is 12.5. The predicted molar refractivity (Wildman–Crippen MR) is 75.5 cm³/mol. The van der Waals surface area contributed by atoms with Crippen molar-refractivity contribution in [1.29, 1.82) is 0 Å². The molecule has 0 amide bonds. The molecule has 112 valence electrons. The Morgan fingerprint density at radius 2 is 1.90 bits per heavy atom. The van der Waals surface area contributed by atoms with Crippen LogP contribution < -0.4 is 4.72 Å². The highest BCUT2D eigenvalue weighted by atomic mass is 32.2. The monoisotopic (exact) mass is 301 g/mol. The summed E-state index contributed by atoms with van der Waals surface area (Å²) in [7, 11) is 0.433. The number of nitrogens with zero attached hydrogens (tertiary/aromatic N) is 2. The normalized spacial score (nSPS) is 22.1. The molecule has 20 heavy (non-hydrogen) atoms. The number of halogens is 1. The summed E-state index contributed by atoms with van der Waals surface area (Å²) in [4.78, 5) is 4.41. The van der Waals surface area contributed by atoms with E-state index in [1.807, 2.05) is 14.1 Å².